The molecule has 1 aromatic rings. The topological polar surface area (TPSA) is 50.1 Å². The van der Waals surface area contributed by atoms with Gasteiger partial charge in [-0.2, -0.15) is 5.26 Å². The Bertz CT molecular complexity index is 424. The van der Waals surface area contributed by atoms with Crippen LogP contribution in [0.4, 0.5) is 0 Å². The molecule has 0 bridgehead atoms. The lowest BCUT2D eigenvalue weighted by Crippen LogP contribution is -2.07. The highest BCUT2D eigenvalue weighted by atomic mass is 127. The normalized spacial score (nSPS) is 9.29. The molecule has 0 N–H and O–H groups in total. The molecule has 0 heterocycles. The van der Waals surface area contributed by atoms with Gasteiger partial charge in [0.1, 0.15) is 6.07 Å². The molecule has 0 saturated carbocycles. The number of ether oxygens (including phenoxy) is 1. The molecule has 3 nitrogen and oxygen atoms in total. The van der Waals surface area contributed by atoms with Crippen LogP contribution < -0.4 is 0 Å². The molecule has 0 amide bonds. The molecular formula is C9H5I2NO2. The summed E-state index contributed by atoms with van der Waals surface area (Å²) in [6.07, 6.45) is 0. The molecule has 0 unspecified atom stereocenters. The minimum Gasteiger partial charge on any atom is -0.465 e. The van der Waals surface area contributed by atoms with Gasteiger partial charge in [0, 0.05) is 7.14 Å². The number of esters is 1. The van der Waals surface area contributed by atoms with Crippen molar-refractivity contribution < 1.29 is 9.53 Å². The Balaban J connectivity index is 3.42. The molecule has 5 heteroatoms. The standard InChI is InChI=1S/C9H5I2NO2/c1-14-9(13)8-5(4-12)2-6(10)3-7(8)11/h2-3H,1H3. The molecule has 14 heavy (non-hydrogen) atoms. The van der Waals surface area contributed by atoms with Gasteiger partial charge in [-0.15, -0.1) is 0 Å². The zero-order valence-electron chi connectivity index (χ0n) is 7.17. The number of carbonyl (C=O) groups is 1. The Morgan fingerprint density at radius 3 is 2.64 bits per heavy atom. The highest BCUT2D eigenvalue weighted by Crippen LogP contribution is 2.21. The van der Waals surface area contributed by atoms with Crippen molar-refractivity contribution in [2.24, 2.45) is 0 Å². The number of halogens is 2. The quantitative estimate of drug-likeness (QED) is 0.526. The second-order valence-electron chi connectivity index (χ2n) is 2.41. The van der Waals surface area contributed by atoms with Crippen LogP contribution in [0.2, 0.25) is 0 Å². The first kappa shape index (κ1) is 11.7. The van der Waals surface area contributed by atoms with Crippen LogP contribution in [0.3, 0.4) is 0 Å². The van der Waals surface area contributed by atoms with Gasteiger partial charge in [0.05, 0.1) is 18.2 Å². The molecule has 0 atom stereocenters. The van der Waals surface area contributed by atoms with Crippen LogP contribution in [0.25, 0.3) is 0 Å². The molecule has 1 rings (SSSR count). The van der Waals surface area contributed by atoms with Crippen LogP contribution in [0.5, 0.6) is 0 Å². The van der Waals surface area contributed by atoms with Crippen molar-refractivity contribution in [3.8, 4) is 6.07 Å². The van der Waals surface area contributed by atoms with Gasteiger partial charge in [0.2, 0.25) is 0 Å². The number of nitriles is 1. The van der Waals surface area contributed by atoms with Crippen molar-refractivity contribution in [2.45, 2.75) is 0 Å². The van der Waals surface area contributed by atoms with Crippen molar-refractivity contribution in [1.82, 2.24) is 0 Å². The van der Waals surface area contributed by atoms with E-state index >= 15 is 0 Å². The van der Waals surface area contributed by atoms with Gasteiger partial charge >= 0.3 is 5.97 Å². The summed E-state index contributed by atoms with van der Waals surface area (Å²) < 4.78 is 6.26. The fourth-order valence-corrected chi connectivity index (χ4v) is 3.04. The maximum Gasteiger partial charge on any atom is 0.340 e. The van der Waals surface area contributed by atoms with Gasteiger partial charge in [0.25, 0.3) is 0 Å². The summed E-state index contributed by atoms with van der Waals surface area (Å²) >= 11 is 4.12. The molecule has 0 radical (unpaired) electrons. The van der Waals surface area contributed by atoms with E-state index in [0.717, 1.165) is 7.14 Å². The van der Waals surface area contributed by atoms with Crippen LogP contribution in [-0.2, 0) is 4.74 Å². The number of methoxy groups -OCH3 is 1. The third-order valence-electron chi connectivity index (χ3n) is 1.56. The van der Waals surface area contributed by atoms with Gasteiger partial charge in [-0.05, 0) is 57.3 Å². The van der Waals surface area contributed by atoms with E-state index in [-0.39, 0.29) is 0 Å². The number of hydrogen-bond acceptors (Lipinski definition) is 3. The van der Waals surface area contributed by atoms with Crippen molar-refractivity contribution in [2.75, 3.05) is 7.11 Å². The summed E-state index contributed by atoms with van der Waals surface area (Å²) in [4.78, 5) is 11.3. The highest BCUT2D eigenvalue weighted by molar-refractivity contribution is 14.1. The van der Waals surface area contributed by atoms with Gasteiger partial charge in [-0.25, -0.2) is 4.79 Å². The molecule has 0 aliphatic heterocycles. The smallest absolute Gasteiger partial charge is 0.340 e. The minimum atomic E-state index is -0.470. The second-order valence-corrected chi connectivity index (χ2v) is 4.82. The zero-order valence-corrected chi connectivity index (χ0v) is 11.5. The number of rotatable bonds is 1. The second kappa shape index (κ2) is 4.93. The monoisotopic (exact) mass is 413 g/mol. The van der Waals surface area contributed by atoms with Gasteiger partial charge < -0.3 is 4.74 Å². The molecule has 0 aliphatic rings. The van der Waals surface area contributed by atoms with E-state index in [0.29, 0.717) is 11.1 Å². The molecule has 0 fully saturated rings. The summed E-state index contributed by atoms with van der Waals surface area (Å²) in [7, 11) is 1.30. The number of benzene rings is 1. The van der Waals surface area contributed by atoms with E-state index in [1.54, 1.807) is 6.07 Å². The molecule has 0 saturated heterocycles. The minimum absolute atomic E-state index is 0.344. The highest BCUT2D eigenvalue weighted by Gasteiger charge is 2.16. The average molecular weight is 413 g/mol. The Labute approximate surface area is 109 Å². The summed E-state index contributed by atoms with van der Waals surface area (Å²) in [5, 5.41) is 8.85. The third kappa shape index (κ3) is 2.36. The maximum absolute atomic E-state index is 11.3. The Morgan fingerprint density at radius 1 is 1.50 bits per heavy atom. The lowest BCUT2D eigenvalue weighted by molar-refractivity contribution is 0.0599. The van der Waals surface area contributed by atoms with Crippen LogP contribution in [0, 0.1) is 18.5 Å². The van der Waals surface area contributed by atoms with E-state index < -0.39 is 5.97 Å². The zero-order chi connectivity index (χ0) is 10.7. The Kier molecular flexibility index (Phi) is 4.12. The van der Waals surface area contributed by atoms with Crippen LogP contribution in [0.1, 0.15) is 15.9 Å². The predicted molar refractivity (Wildman–Crippen MR) is 67.9 cm³/mol. The van der Waals surface area contributed by atoms with E-state index in [2.05, 4.69) is 27.3 Å². The number of nitrogens with zero attached hydrogens (tertiary/aromatic N) is 1. The first-order valence-corrected chi connectivity index (χ1v) is 5.73. The Morgan fingerprint density at radius 2 is 2.14 bits per heavy atom. The van der Waals surface area contributed by atoms with E-state index in [1.807, 2.05) is 34.7 Å². The molecule has 1 aromatic carbocycles. The maximum atomic E-state index is 11.3. The largest absolute Gasteiger partial charge is 0.465 e. The molecule has 0 spiro atoms. The van der Waals surface area contributed by atoms with Crippen molar-refractivity contribution in [1.29, 1.82) is 5.26 Å². The molecule has 72 valence electrons. The summed E-state index contributed by atoms with van der Waals surface area (Å²) in [6, 6.07) is 5.47. The SMILES string of the molecule is COC(=O)c1c(I)cc(I)cc1C#N. The lowest BCUT2D eigenvalue weighted by Gasteiger charge is -2.05. The fourth-order valence-electron chi connectivity index (χ4n) is 0.971. The lowest BCUT2D eigenvalue weighted by atomic mass is 10.1. The van der Waals surface area contributed by atoms with Crippen molar-refractivity contribution in [3.63, 3.8) is 0 Å². The van der Waals surface area contributed by atoms with Crippen LogP contribution in [0.15, 0.2) is 12.1 Å². The number of carbonyl (C=O) groups excluding carboxylic acids is 1. The molecular weight excluding hydrogens is 408 g/mol. The Hall–Kier alpha value is -0.360. The van der Waals surface area contributed by atoms with Crippen molar-refractivity contribution >= 4 is 51.2 Å². The predicted octanol–water partition coefficient (Wildman–Crippen LogP) is 2.55. The number of hydrogen-bond donors (Lipinski definition) is 0. The molecule has 0 aromatic heterocycles. The van der Waals surface area contributed by atoms with Gasteiger partial charge in [-0.3, -0.25) is 0 Å². The first-order valence-electron chi connectivity index (χ1n) is 3.57. The van der Waals surface area contributed by atoms with E-state index in [9.17, 15) is 4.79 Å². The van der Waals surface area contributed by atoms with Gasteiger partial charge in [0.15, 0.2) is 0 Å². The van der Waals surface area contributed by atoms with Crippen molar-refractivity contribution in [3.05, 3.63) is 30.4 Å². The molecule has 0 aliphatic carbocycles. The summed E-state index contributed by atoms with van der Waals surface area (Å²) in [5.74, 6) is -0.470. The fraction of sp³-hybridized carbons (Fsp3) is 0.111. The van der Waals surface area contributed by atoms with E-state index in [1.165, 1.54) is 7.11 Å². The van der Waals surface area contributed by atoms with Gasteiger partial charge in [-0.1, -0.05) is 0 Å². The summed E-state index contributed by atoms with van der Waals surface area (Å²) in [6.45, 7) is 0. The average Bonchev–Trinajstić information content (AvgIpc) is 2.15. The third-order valence-corrected chi connectivity index (χ3v) is 3.04. The van der Waals surface area contributed by atoms with E-state index in [4.69, 9.17) is 5.26 Å². The summed E-state index contributed by atoms with van der Waals surface area (Å²) in [5.41, 5.74) is 0.698. The van der Waals surface area contributed by atoms with Crippen LogP contribution >= 0.6 is 45.2 Å². The van der Waals surface area contributed by atoms with Crippen LogP contribution in [-0.4, -0.2) is 13.1 Å². The first-order chi connectivity index (χ1) is 6.60.